The number of ether oxygens (including phenoxy) is 2. The Hall–Kier alpha value is -2.80. The molecule has 0 unspecified atom stereocenters. The number of aromatic nitrogens is 1. The van der Waals surface area contributed by atoms with Crippen LogP contribution in [0.2, 0.25) is 0 Å². The Balaban J connectivity index is 1.70. The number of carbonyl (C=O) groups is 1. The molecule has 1 fully saturated rings. The fourth-order valence-corrected chi connectivity index (χ4v) is 3.06. The van der Waals surface area contributed by atoms with Gasteiger partial charge in [0, 0.05) is 32.2 Å². The maximum Gasteiger partial charge on any atom is 0.260 e. The summed E-state index contributed by atoms with van der Waals surface area (Å²) in [6.45, 7) is 7.86. The second-order valence-electron chi connectivity index (χ2n) is 7.17. The average Bonchev–Trinajstić information content (AvgIpc) is 2.68. The van der Waals surface area contributed by atoms with Crippen molar-refractivity contribution in [3.8, 4) is 11.5 Å². The van der Waals surface area contributed by atoms with E-state index in [1.165, 1.54) is 0 Å². The fraction of sp³-hybridized carbons (Fsp3) is 0.429. The quantitative estimate of drug-likeness (QED) is 0.826. The van der Waals surface area contributed by atoms with Crippen molar-refractivity contribution in [2.45, 2.75) is 20.0 Å². The zero-order chi connectivity index (χ0) is 20.1. The molecular formula is C21H28N4O3. The first-order chi connectivity index (χ1) is 13.5. The fourth-order valence-electron chi connectivity index (χ4n) is 3.06. The molecule has 0 aliphatic carbocycles. The molecule has 1 aromatic heterocycles. The smallest absolute Gasteiger partial charge is 0.260 e. The Labute approximate surface area is 166 Å². The van der Waals surface area contributed by atoms with Crippen LogP contribution in [0.3, 0.4) is 0 Å². The molecule has 150 valence electrons. The van der Waals surface area contributed by atoms with Gasteiger partial charge >= 0.3 is 0 Å². The highest BCUT2D eigenvalue weighted by atomic mass is 16.5. The number of methoxy groups -OCH3 is 1. The monoisotopic (exact) mass is 384 g/mol. The summed E-state index contributed by atoms with van der Waals surface area (Å²) in [6.07, 6.45) is 1.75. The third kappa shape index (κ3) is 4.92. The van der Waals surface area contributed by atoms with E-state index in [9.17, 15) is 4.79 Å². The second-order valence-corrected chi connectivity index (χ2v) is 7.17. The maximum atomic E-state index is 12.8. The Morgan fingerprint density at radius 2 is 1.89 bits per heavy atom. The molecule has 3 rings (SSSR count). The number of nitrogens with one attached hydrogen (secondary N) is 1. The average molecular weight is 384 g/mol. The molecule has 7 heteroatoms. The Morgan fingerprint density at radius 1 is 1.14 bits per heavy atom. The lowest BCUT2D eigenvalue weighted by molar-refractivity contribution is 0.102. The van der Waals surface area contributed by atoms with Gasteiger partial charge in [0.1, 0.15) is 17.3 Å². The summed E-state index contributed by atoms with van der Waals surface area (Å²) >= 11 is 0. The topological polar surface area (TPSA) is 66.9 Å². The van der Waals surface area contributed by atoms with E-state index in [2.05, 4.69) is 27.1 Å². The summed E-state index contributed by atoms with van der Waals surface area (Å²) in [4.78, 5) is 21.8. The highest BCUT2D eigenvalue weighted by molar-refractivity contribution is 6.05. The lowest BCUT2D eigenvalue weighted by Crippen LogP contribution is -2.44. The lowest BCUT2D eigenvalue weighted by atomic mass is 10.1. The normalized spacial score (nSPS) is 14.8. The number of hydrogen-bond donors (Lipinski definition) is 1. The minimum atomic E-state index is -0.266. The van der Waals surface area contributed by atoms with Gasteiger partial charge in [-0.15, -0.1) is 0 Å². The van der Waals surface area contributed by atoms with Crippen molar-refractivity contribution in [2.24, 2.45) is 0 Å². The number of anilines is 2. The summed E-state index contributed by atoms with van der Waals surface area (Å²) < 4.78 is 11.0. The predicted octanol–water partition coefficient (Wildman–Crippen LogP) is 2.88. The molecule has 1 aliphatic heterocycles. The van der Waals surface area contributed by atoms with Crippen LogP contribution in [0.15, 0.2) is 36.5 Å². The van der Waals surface area contributed by atoms with Gasteiger partial charge in [0.05, 0.1) is 30.7 Å². The van der Waals surface area contributed by atoms with Crippen LogP contribution in [0.4, 0.5) is 11.5 Å². The third-order valence-corrected chi connectivity index (χ3v) is 4.65. The summed E-state index contributed by atoms with van der Waals surface area (Å²) in [5, 5.41) is 2.85. The van der Waals surface area contributed by atoms with E-state index in [0.29, 0.717) is 22.9 Å². The largest absolute Gasteiger partial charge is 0.497 e. The first-order valence-corrected chi connectivity index (χ1v) is 9.52. The number of piperazine rings is 1. The van der Waals surface area contributed by atoms with Crippen LogP contribution < -0.4 is 19.7 Å². The van der Waals surface area contributed by atoms with Crippen molar-refractivity contribution in [3.05, 3.63) is 42.1 Å². The Morgan fingerprint density at radius 3 is 2.50 bits per heavy atom. The van der Waals surface area contributed by atoms with Crippen LogP contribution in [-0.4, -0.2) is 62.2 Å². The van der Waals surface area contributed by atoms with Gasteiger partial charge < -0.3 is 24.6 Å². The molecule has 0 saturated carbocycles. The number of nitrogens with zero attached hydrogens (tertiary/aromatic N) is 3. The van der Waals surface area contributed by atoms with Gasteiger partial charge in [0.15, 0.2) is 0 Å². The number of pyridine rings is 1. The van der Waals surface area contributed by atoms with Crippen molar-refractivity contribution in [2.75, 3.05) is 50.6 Å². The zero-order valence-corrected chi connectivity index (χ0v) is 16.9. The molecule has 1 amide bonds. The van der Waals surface area contributed by atoms with Crippen LogP contribution in [0.5, 0.6) is 11.5 Å². The van der Waals surface area contributed by atoms with Gasteiger partial charge in [-0.25, -0.2) is 4.98 Å². The molecule has 0 spiro atoms. The molecular weight excluding hydrogens is 356 g/mol. The van der Waals surface area contributed by atoms with Crippen LogP contribution in [0.1, 0.15) is 24.2 Å². The molecule has 1 N–H and O–H groups in total. The maximum absolute atomic E-state index is 12.8. The Kier molecular flexibility index (Phi) is 6.36. The Bertz CT molecular complexity index is 800. The number of likely N-dealkylation sites (N-methyl/N-ethyl adjacent to an activating group) is 1. The molecule has 1 aliphatic rings. The molecule has 0 radical (unpaired) electrons. The van der Waals surface area contributed by atoms with E-state index in [1.54, 1.807) is 31.5 Å². The van der Waals surface area contributed by atoms with Gasteiger partial charge in [-0.05, 0) is 45.2 Å². The molecule has 28 heavy (non-hydrogen) atoms. The van der Waals surface area contributed by atoms with Gasteiger partial charge in [-0.1, -0.05) is 0 Å². The van der Waals surface area contributed by atoms with Crippen LogP contribution in [0, 0.1) is 0 Å². The number of hydrogen-bond acceptors (Lipinski definition) is 6. The van der Waals surface area contributed by atoms with Crippen molar-refractivity contribution < 1.29 is 14.3 Å². The number of benzene rings is 1. The molecule has 2 heterocycles. The first-order valence-electron chi connectivity index (χ1n) is 9.52. The molecule has 2 aromatic rings. The molecule has 0 bridgehead atoms. The van der Waals surface area contributed by atoms with Gasteiger partial charge in [0.25, 0.3) is 5.91 Å². The summed E-state index contributed by atoms with van der Waals surface area (Å²) in [6, 6.07) is 8.99. The van der Waals surface area contributed by atoms with Crippen molar-refractivity contribution in [3.63, 3.8) is 0 Å². The van der Waals surface area contributed by atoms with E-state index < -0.39 is 0 Å². The van der Waals surface area contributed by atoms with E-state index in [-0.39, 0.29) is 12.0 Å². The number of rotatable bonds is 6. The van der Waals surface area contributed by atoms with E-state index in [1.807, 2.05) is 26.0 Å². The summed E-state index contributed by atoms with van der Waals surface area (Å²) in [5.41, 5.74) is 1.51. The van der Waals surface area contributed by atoms with Crippen molar-refractivity contribution in [1.82, 2.24) is 9.88 Å². The van der Waals surface area contributed by atoms with Crippen LogP contribution >= 0.6 is 0 Å². The third-order valence-electron chi connectivity index (χ3n) is 4.65. The van der Waals surface area contributed by atoms with Crippen LogP contribution in [0.25, 0.3) is 0 Å². The van der Waals surface area contributed by atoms with Crippen molar-refractivity contribution in [1.29, 1.82) is 0 Å². The summed E-state index contributed by atoms with van der Waals surface area (Å²) in [7, 11) is 3.71. The minimum absolute atomic E-state index is 0.0559. The lowest BCUT2D eigenvalue weighted by Gasteiger charge is -2.33. The second kappa shape index (κ2) is 8.93. The molecule has 7 nitrogen and oxygen atoms in total. The number of amides is 1. The predicted molar refractivity (Wildman–Crippen MR) is 111 cm³/mol. The van der Waals surface area contributed by atoms with E-state index in [0.717, 1.165) is 31.9 Å². The molecule has 1 aromatic carbocycles. The van der Waals surface area contributed by atoms with Gasteiger partial charge in [0.2, 0.25) is 0 Å². The highest BCUT2D eigenvalue weighted by Gasteiger charge is 2.17. The minimum Gasteiger partial charge on any atom is -0.497 e. The standard InChI is InChI=1S/C21H28N4O3/c1-15(2)28-19-13-17(27-4)6-7-18(19)21(26)23-20-8-5-16(14-22-20)25-11-9-24(3)10-12-25/h5-8,13-15H,9-12H2,1-4H3,(H,22,23,26). The zero-order valence-electron chi connectivity index (χ0n) is 16.9. The first kappa shape index (κ1) is 19.9. The highest BCUT2D eigenvalue weighted by Crippen LogP contribution is 2.27. The number of carbonyl (C=O) groups excluding carboxylic acids is 1. The molecule has 0 atom stereocenters. The van der Waals surface area contributed by atoms with Gasteiger partial charge in [-0.3, -0.25) is 4.79 Å². The molecule has 1 saturated heterocycles. The SMILES string of the molecule is COc1ccc(C(=O)Nc2ccc(N3CCN(C)CC3)cn2)c(OC(C)C)c1. The van der Waals surface area contributed by atoms with E-state index >= 15 is 0 Å². The summed E-state index contributed by atoms with van der Waals surface area (Å²) in [5.74, 6) is 1.37. The van der Waals surface area contributed by atoms with Crippen LogP contribution in [-0.2, 0) is 0 Å². The van der Waals surface area contributed by atoms with Crippen molar-refractivity contribution >= 4 is 17.4 Å². The van der Waals surface area contributed by atoms with E-state index in [4.69, 9.17) is 9.47 Å². The van der Waals surface area contributed by atoms with Gasteiger partial charge in [-0.2, -0.15) is 0 Å².